The van der Waals surface area contributed by atoms with Gasteiger partial charge in [0, 0.05) is 5.56 Å². The number of para-hydroxylation sites is 1. The van der Waals surface area contributed by atoms with Gasteiger partial charge in [0.25, 0.3) is 0 Å². The molecule has 1 heterocycles. The van der Waals surface area contributed by atoms with Gasteiger partial charge in [-0.05, 0) is 49.4 Å². The van der Waals surface area contributed by atoms with Crippen LogP contribution < -0.4 is 19.5 Å². The van der Waals surface area contributed by atoms with E-state index in [-0.39, 0.29) is 6.04 Å². The minimum Gasteiger partial charge on any atom is -0.497 e. The van der Waals surface area contributed by atoms with E-state index in [0.717, 1.165) is 39.5 Å². The lowest BCUT2D eigenvalue weighted by Gasteiger charge is -2.18. The van der Waals surface area contributed by atoms with E-state index < -0.39 is 0 Å². The summed E-state index contributed by atoms with van der Waals surface area (Å²) in [5, 5.41) is 11.9. The van der Waals surface area contributed by atoms with Crippen molar-refractivity contribution in [1.29, 1.82) is 0 Å². The van der Waals surface area contributed by atoms with E-state index in [0.29, 0.717) is 5.82 Å². The number of fused-ring (bicyclic) bond motifs is 1. The third-order valence-electron chi connectivity index (χ3n) is 4.78. The Labute approximate surface area is 169 Å². The average molecular weight is 389 g/mol. The maximum absolute atomic E-state index is 6.11. The number of hydrogen-bond donors (Lipinski definition) is 2. The van der Waals surface area contributed by atoms with Gasteiger partial charge >= 0.3 is 0 Å². The Morgan fingerprint density at radius 2 is 1.69 bits per heavy atom. The van der Waals surface area contributed by atoms with Crippen molar-refractivity contribution in [2.45, 2.75) is 13.0 Å². The summed E-state index contributed by atoms with van der Waals surface area (Å²) in [5.41, 5.74) is 1.87. The number of aromatic amines is 1. The van der Waals surface area contributed by atoms with Gasteiger partial charge < -0.3 is 19.5 Å². The smallest absolute Gasteiger partial charge is 0.160 e. The fourth-order valence-electron chi connectivity index (χ4n) is 3.31. The van der Waals surface area contributed by atoms with Crippen LogP contribution in [0.5, 0.6) is 23.0 Å². The van der Waals surface area contributed by atoms with Crippen LogP contribution in [0.15, 0.2) is 66.7 Å². The third kappa shape index (κ3) is 3.82. The summed E-state index contributed by atoms with van der Waals surface area (Å²) in [7, 11) is 3.31. The Morgan fingerprint density at radius 3 is 2.45 bits per heavy atom. The van der Waals surface area contributed by atoms with Gasteiger partial charge in [0.05, 0.1) is 31.2 Å². The molecule has 1 unspecified atom stereocenters. The van der Waals surface area contributed by atoms with Crippen molar-refractivity contribution in [3.63, 3.8) is 0 Å². The molecule has 1 aromatic heterocycles. The molecule has 0 spiro atoms. The highest BCUT2D eigenvalue weighted by Crippen LogP contribution is 2.37. The number of anilines is 1. The van der Waals surface area contributed by atoms with Gasteiger partial charge in [-0.2, -0.15) is 5.10 Å². The fraction of sp³-hybridized carbons (Fsp3) is 0.174. The Kier molecular flexibility index (Phi) is 5.24. The van der Waals surface area contributed by atoms with Crippen molar-refractivity contribution < 1.29 is 14.2 Å². The van der Waals surface area contributed by atoms with E-state index in [9.17, 15) is 0 Å². The number of hydrogen-bond acceptors (Lipinski definition) is 5. The van der Waals surface area contributed by atoms with Gasteiger partial charge in [0.1, 0.15) is 23.0 Å². The van der Waals surface area contributed by atoms with Crippen LogP contribution in [0.2, 0.25) is 0 Å². The molecule has 4 rings (SSSR count). The molecule has 0 aliphatic heterocycles. The molecule has 0 amide bonds. The summed E-state index contributed by atoms with van der Waals surface area (Å²) in [6.07, 6.45) is 0. The minimum atomic E-state index is -0.0728. The van der Waals surface area contributed by atoms with Gasteiger partial charge in [-0.15, -0.1) is 0 Å². The number of nitrogens with zero attached hydrogens (tertiary/aromatic N) is 1. The van der Waals surface area contributed by atoms with Gasteiger partial charge in [-0.3, -0.25) is 5.10 Å². The maximum Gasteiger partial charge on any atom is 0.160 e. The van der Waals surface area contributed by atoms with E-state index in [1.165, 1.54) is 0 Å². The number of benzene rings is 3. The van der Waals surface area contributed by atoms with E-state index in [1.807, 2.05) is 66.7 Å². The monoisotopic (exact) mass is 389 g/mol. The second kappa shape index (κ2) is 8.14. The summed E-state index contributed by atoms with van der Waals surface area (Å²) in [4.78, 5) is 0. The molecule has 1 atom stereocenters. The summed E-state index contributed by atoms with van der Waals surface area (Å²) in [6, 6.07) is 21.2. The standard InChI is InChI=1S/C23H23N3O3/c1-15(18-14-17(27-2)12-13-20(18)28-3)24-23-22-19(25-26-23)10-7-11-21(22)29-16-8-5-4-6-9-16/h4-15H,1-3H3,(H2,24,25,26). The summed E-state index contributed by atoms with van der Waals surface area (Å²) < 4.78 is 17.0. The molecule has 0 saturated carbocycles. The van der Waals surface area contributed by atoms with Crippen LogP contribution in [0.1, 0.15) is 18.5 Å². The summed E-state index contributed by atoms with van der Waals surface area (Å²) in [5.74, 6) is 3.77. The molecule has 2 N–H and O–H groups in total. The van der Waals surface area contributed by atoms with Crippen LogP contribution in [-0.4, -0.2) is 24.4 Å². The van der Waals surface area contributed by atoms with Gasteiger partial charge in [0.2, 0.25) is 0 Å². The molecule has 0 aliphatic rings. The van der Waals surface area contributed by atoms with Crippen LogP contribution in [0, 0.1) is 0 Å². The quantitative estimate of drug-likeness (QED) is 0.434. The Hall–Kier alpha value is -3.67. The molecule has 3 aromatic carbocycles. The van der Waals surface area contributed by atoms with Crippen LogP contribution in [0.3, 0.4) is 0 Å². The Morgan fingerprint density at radius 1 is 0.862 bits per heavy atom. The van der Waals surface area contributed by atoms with Gasteiger partial charge in [-0.25, -0.2) is 0 Å². The molecular weight excluding hydrogens is 366 g/mol. The normalized spacial score (nSPS) is 11.8. The highest BCUT2D eigenvalue weighted by atomic mass is 16.5. The van der Waals surface area contributed by atoms with Crippen molar-refractivity contribution in [2.75, 3.05) is 19.5 Å². The number of ether oxygens (including phenoxy) is 3. The first-order valence-corrected chi connectivity index (χ1v) is 9.38. The van der Waals surface area contributed by atoms with Gasteiger partial charge in [-0.1, -0.05) is 24.3 Å². The molecule has 4 aromatic rings. The van der Waals surface area contributed by atoms with Crippen LogP contribution in [0.25, 0.3) is 10.9 Å². The maximum atomic E-state index is 6.11. The van der Waals surface area contributed by atoms with Crippen LogP contribution in [0.4, 0.5) is 5.82 Å². The highest BCUT2D eigenvalue weighted by Gasteiger charge is 2.18. The zero-order valence-corrected chi connectivity index (χ0v) is 16.6. The SMILES string of the molecule is COc1ccc(OC)c(C(C)Nc2n[nH]c3cccc(Oc4ccccc4)c23)c1. The Bertz CT molecular complexity index is 1110. The summed E-state index contributed by atoms with van der Waals surface area (Å²) in [6.45, 7) is 2.05. The first-order valence-electron chi connectivity index (χ1n) is 9.38. The molecule has 0 radical (unpaired) electrons. The minimum absolute atomic E-state index is 0.0728. The lowest BCUT2D eigenvalue weighted by atomic mass is 10.1. The van der Waals surface area contributed by atoms with Crippen LogP contribution in [-0.2, 0) is 0 Å². The number of aromatic nitrogens is 2. The van der Waals surface area contributed by atoms with Crippen molar-refractivity contribution in [1.82, 2.24) is 10.2 Å². The fourth-order valence-corrected chi connectivity index (χ4v) is 3.31. The van der Waals surface area contributed by atoms with E-state index >= 15 is 0 Å². The summed E-state index contributed by atoms with van der Waals surface area (Å²) >= 11 is 0. The molecular formula is C23H23N3O3. The number of rotatable bonds is 7. The number of H-pyrrole nitrogens is 1. The van der Waals surface area contributed by atoms with Crippen molar-refractivity contribution >= 4 is 16.7 Å². The molecule has 6 heteroatoms. The molecule has 0 aliphatic carbocycles. The molecule has 0 fully saturated rings. The molecule has 29 heavy (non-hydrogen) atoms. The molecule has 6 nitrogen and oxygen atoms in total. The van der Waals surface area contributed by atoms with Crippen molar-refractivity contribution in [2.24, 2.45) is 0 Å². The molecule has 0 saturated heterocycles. The van der Waals surface area contributed by atoms with E-state index in [2.05, 4.69) is 22.4 Å². The first-order chi connectivity index (χ1) is 14.2. The highest BCUT2D eigenvalue weighted by molar-refractivity contribution is 5.95. The predicted molar refractivity (Wildman–Crippen MR) is 114 cm³/mol. The predicted octanol–water partition coefficient (Wildman–Crippen LogP) is 5.55. The molecule has 0 bridgehead atoms. The lowest BCUT2D eigenvalue weighted by molar-refractivity contribution is 0.397. The molecule has 148 valence electrons. The van der Waals surface area contributed by atoms with E-state index in [1.54, 1.807) is 14.2 Å². The second-order valence-corrected chi connectivity index (χ2v) is 6.64. The van der Waals surface area contributed by atoms with Crippen molar-refractivity contribution in [3.8, 4) is 23.0 Å². The third-order valence-corrected chi connectivity index (χ3v) is 4.78. The zero-order valence-electron chi connectivity index (χ0n) is 16.6. The van der Waals surface area contributed by atoms with Gasteiger partial charge in [0.15, 0.2) is 5.82 Å². The zero-order chi connectivity index (χ0) is 20.2. The first kappa shape index (κ1) is 18.7. The Balaban J connectivity index is 1.68. The average Bonchev–Trinajstić information content (AvgIpc) is 3.17. The van der Waals surface area contributed by atoms with E-state index in [4.69, 9.17) is 14.2 Å². The number of methoxy groups -OCH3 is 2. The van der Waals surface area contributed by atoms with Crippen LogP contribution >= 0.6 is 0 Å². The second-order valence-electron chi connectivity index (χ2n) is 6.64. The van der Waals surface area contributed by atoms with Crippen molar-refractivity contribution in [3.05, 3.63) is 72.3 Å². The lowest BCUT2D eigenvalue weighted by Crippen LogP contribution is -2.09. The largest absolute Gasteiger partial charge is 0.497 e. The number of nitrogens with one attached hydrogen (secondary N) is 2. The topological polar surface area (TPSA) is 68.4 Å².